The first kappa shape index (κ1) is 24.6. The lowest BCUT2D eigenvalue weighted by Crippen LogP contribution is -2.44. The second-order valence-electron chi connectivity index (χ2n) is 8.08. The van der Waals surface area contributed by atoms with Gasteiger partial charge in [-0.05, 0) is 29.3 Å². The Labute approximate surface area is 207 Å². The van der Waals surface area contributed by atoms with Gasteiger partial charge in [0.2, 0.25) is 0 Å². The van der Waals surface area contributed by atoms with Crippen LogP contribution in [0.3, 0.4) is 0 Å². The summed E-state index contributed by atoms with van der Waals surface area (Å²) in [6.07, 6.45) is 0.995. The average Bonchev–Trinajstić information content (AvgIpc) is 2.84. The topological polar surface area (TPSA) is 117 Å². The van der Waals surface area contributed by atoms with Crippen molar-refractivity contribution in [3.05, 3.63) is 122 Å². The van der Waals surface area contributed by atoms with Crippen molar-refractivity contribution >= 4 is 21.4 Å². The van der Waals surface area contributed by atoms with E-state index < -0.39 is 27.1 Å². The molecule has 0 amide bonds. The number of rotatable bonds is 7. The molecule has 35 heavy (non-hydrogen) atoms. The maximum absolute atomic E-state index is 13.4. The van der Waals surface area contributed by atoms with Gasteiger partial charge in [-0.2, -0.15) is 9.78 Å². The number of benzene rings is 3. The number of nitrogens with zero attached hydrogens (tertiary/aromatic N) is 3. The summed E-state index contributed by atoms with van der Waals surface area (Å²) >= 11 is 6.33. The highest BCUT2D eigenvalue weighted by Gasteiger charge is 2.21. The van der Waals surface area contributed by atoms with Gasteiger partial charge in [0.15, 0.2) is 9.84 Å². The summed E-state index contributed by atoms with van der Waals surface area (Å²) in [7, 11) is -3.56. The Bertz CT molecular complexity index is 1600. The van der Waals surface area contributed by atoms with E-state index in [0.717, 1.165) is 21.1 Å². The van der Waals surface area contributed by atoms with E-state index in [1.807, 2.05) is 30.3 Å². The minimum atomic E-state index is -3.56. The van der Waals surface area contributed by atoms with E-state index in [9.17, 15) is 18.0 Å². The SMILES string of the molecule is CS(=O)(=O)c1ccccc1Cc1nn(-c2ccccc2Cl)c(=O)n(CC(N)c2ccccc2)c1=O. The summed E-state index contributed by atoms with van der Waals surface area (Å²) in [6.45, 7) is -0.102. The maximum atomic E-state index is 13.4. The van der Waals surface area contributed by atoms with Gasteiger partial charge in [0.1, 0.15) is 5.69 Å². The van der Waals surface area contributed by atoms with E-state index in [1.165, 1.54) is 6.07 Å². The molecule has 0 aliphatic heterocycles. The van der Waals surface area contributed by atoms with Gasteiger partial charge in [0.05, 0.1) is 22.2 Å². The third kappa shape index (κ3) is 5.27. The van der Waals surface area contributed by atoms with Crippen LogP contribution in [0.5, 0.6) is 0 Å². The predicted molar refractivity (Wildman–Crippen MR) is 135 cm³/mol. The number of para-hydroxylation sites is 1. The predicted octanol–water partition coefficient (Wildman–Crippen LogP) is 2.74. The van der Waals surface area contributed by atoms with Gasteiger partial charge < -0.3 is 5.73 Å². The Morgan fingerprint density at radius 3 is 2.26 bits per heavy atom. The van der Waals surface area contributed by atoms with Crippen molar-refractivity contribution in [3.8, 4) is 5.69 Å². The van der Waals surface area contributed by atoms with E-state index in [0.29, 0.717) is 11.3 Å². The molecule has 2 N–H and O–H groups in total. The number of sulfone groups is 1. The molecule has 10 heteroatoms. The Morgan fingerprint density at radius 2 is 1.57 bits per heavy atom. The summed E-state index contributed by atoms with van der Waals surface area (Å²) in [5, 5.41) is 4.58. The molecule has 4 rings (SSSR count). The molecule has 0 spiro atoms. The molecule has 0 saturated heterocycles. The van der Waals surface area contributed by atoms with E-state index in [4.69, 9.17) is 17.3 Å². The van der Waals surface area contributed by atoms with Crippen molar-refractivity contribution in [2.75, 3.05) is 6.26 Å². The van der Waals surface area contributed by atoms with E-state index in [2.05, 4.69) is 5.10 Å². The largest absolute Gasteiger partial charge is 0.352 e. The first-order chi connectivity index (χ1) is 16.7. The number of nitrogens with two attached hydrogens (primary N) is 1. The molecule has 0 aliphatic carbocycles. The van der Waals surface area contributed by atoms with E-state index in [-0.39, 0.29) is 28.6 Å². The van der Waals surface area contributed by atoms with Crippen molar-refractivity contribution in [2.24, 2.45) is 5.73 Å². The minimum absolute atomic E-state index is 0.0131. The van der Waals surface area contributed by atoms with Crippen LogP contribution in [-0.4, -0.2) is 29.0 Å². The fourth-order valence-electron chi connectivity index (χ4n) is 3.81. The summed E-state index contributed by atoms with van der Waals surface area (Å²) in [5.41, 5.74) is 6.41. The highest BCUT2D eigenvalue weighted by molar-refractivity contribution is 7.90. The highest BCUT2D eigenvalue weighted by Crippen LogP contribution is 2.20. The van der Waals surface area contributed by atoms with Crippen LogP contribution in [0.15, 0.2) is 93.3 Å². The summed E-state index contributed by atoms with van der Waals surface area (Å²) < 4.78 is 26.7. The smallest absolute Gasteiger partial charge is 0.322 e. The zero-order chi connectivity index (χ0) is 25.2. The number of halogens is 1. The fourth-order valence-corrected chi connectivity index (χ4v) is 4.97. The Morgan fingerprint density at radius 1 is 0.943 bits per heavy atom. The molecule has 4 aromatic rings. The Balaban J connectivity index is 1.90. The van der Waals surface area contributed by atoms with Crippen molar-refractivity contribution in [1.29, 1.82) is 0 Å². The lowest BCUT2D eigenvalue weighted by Gasteiger charge is -2.17. The fraction of sp³-hybridized carbons (Fsp3) is 0.160. The molecule has 1 atom stereocenters. The summed E-state index contributed by atoms with van der Waals surface area (Å²) in [6, 6.07) is 21.5. The standard InChI is InChI=1S/C25H23ClN4O4S/c1-35(33,34)23-14-8-5-11-18(23)15-21-24(31)29(16-20(27)17-9-3-2-4-10-17)25(32)30(28-21)22-13-7-6-12-19(22)26/h2-14,20H,15-16,27H2,1H3. The van der Waals surface area contributed by atoms with Crippen molar-refractivity contribution < 1.29 is 8.42 Å². The van der Waals surface area contributed by atoms with E-state index in [1.54, 1.807) is 42.5 Å². The second-order valence-corrected chi connectivity index (χ2v) is 10.5. The highest BCUT2D eigenvalue weighted by atomic mass is 35.5. The molecule has 0 radical (unpaired) electrons. The summed E-state index contributed by atoms with van der Waals surface area (Å²) in [5.74, 6) is 0. The quantitative estimate of drug-likeness (QED) is 0.408. The van der Waals surface area contributed by atoms with Crippen LogP contribution in [0.2, 0.25) is 5.02 Å². The lowest BCUT2D eigenvalue weighted by atomic mass is 10.1. The Hall–Kier alpha value is -3.53. The van der Waals surface area contributed by atoms with Crippen LogP contribution in [0.1, 0.15) is 22.9 Å². The molecule has 0 bridgehead atoms. The number of hydrogen-bond donors (Lipinski definition) is 1. The van der Waals surface area contributed by atoms with Gasteiger partial charge in [-0.25, -0.2) is 13.2 Å². The van der Waals surface area contributed by atoms with Crippen LogP contribution < -0.4 is 17.0 Å². The zero-order valence-electron chi connectivity index (χ0n) is 18.8. The molecule has 8 nitrogen and oxygen atoms in total. The van der Waals surface area contributed by atoms with Crippen LogP contribution in [0, 0.1) is 0 Å². The number of aromatic nitrogens is 3. The van der Waals surface area contributed by atoms with Crippen molar-refractivity contribution in [2.45, 2.75) is 23.9 Å². The van der Waals surface area contributed by atoms with Crippen LogP contribution in [-0.2, 0) is 22.8 Å². The molecule has 1 unspecified atom stereocenters. The van der Waals surface area contributed by atoms with Crippen molar-refractivity contribution in [3.63, 3.8) is 0 Å². The maximum Gasteiger partial charge on any atom is 0.352 e. The molecule has 0 aliphatic rings. The molecule has 180 valence electrons. The first-order valence-electron chi connectivity index (χ1n) is 10.7. The normalized spacial score (nSPS) is 12.4. The number of hydrogen-bond acceptors (Lipinski definition) is 6. The molecule has 0 saturated carbocycles. The zero-order valence-corrected chi connectivity index (χ0v) is 20.4. The average molecular weight is 511 g/mol. The van der Waals surface area contributed by atoms with Gasteiger partial charge in [0, 0.05) is 18.7 Å². The van der Waals surface area contributed by atoms with E-state index >= 15 is 0 Å². The minimum Gasteiger partial charge on any atom is -0.322 e. The van der Waals surface area contributed by atoms with Crippen LogP contribution in [0.25, 0.3) is 5.69 Å². The molecular formula is C25H23ClN4O4S. The third-order valence-corrected chi connectivity index (χ3v) is 7.06. The van der Waals surface area contributed by atoms with Crippen molar-refractivity contribution in [1.82, 2.24) is 14.3 Å². The van der Waals surface area contributed by atoms with Crippen LogP contribution >= 0.6 is 11.6 Å². The van der Waals surface area contributed by atoms with Gasteiger partial charge in [-0.3, -0.25) is 9.36 Å². The van der Waals surface area contributed by atoms with Gasteiger partial charge in [-0.15, -0.1) is 0 Å². The van der Waals surface area contributed by atoms with Gasteiger partial charge in [0.25, 0.3) is 5.56 Å². The molecule has 3 aromatic carbocycles. The lowest BCUT2D eigenvalue weighted by molar-refractivity contribution is 0.503. The molecule has 1 aromatic heterocycles. The first-order valence-corrected chi connectivity index (χ1v) is 13.0. The van der Waals surface area contributed by atoms with Gasteiger partial charge in [-0.1, -0.05) is 72.3 Å². The van der Waals surface area contributed by atoms with Gasteiger partial charge >= 0.3 is 5.69 Å². The van der Waals surface area contributed by atoms with Crippen LogP contribution in [0.4, 0.5) is 0 Å². The molecular weight excluding hydrogens is 488 g/mol. The monoisotopic (exact) mass is 510 g/mol. The molecule has 1 heterocycles. The Kier molecular flexibility index (Phi) is 7.02. The third-order valence-electron chi connectivity index (χ3n) is 5.54. The summed E-state index contributed by atoms with van der Waals surface area (Å²) in [4.78, 5) is 26.9. The second kappa shape index (κ2) is 9.99. The molecule has 0 fully saturated rings.